The van der Waals surface area contributed by atoms with Crippen LogP contribution in [0.2, 0.25) is 0 Å². The minimum atomic E-state index is 0.587. The van der Waals surface area contributed by atoms with Crippen LogP contribution in [0, 0.1) is 0 Å². The van der Waals surface area contributed by atoms with E-state index in [1.807, 2.05) is 78.9 Å². The molecule has 0 fully saturated rings. The van der Waals surface area contributed by atoms with Gasteiger partial charge in [0.15, 0.2) is 17.5 Å². The smallest absolute Gasteiger partial charge is 0.164 e. The maximum absolute atomic E-state index is 6.65. The van der Waals surface area contributed by atoms with Gasteiger partial charge in [-0.05, 0) is 71.8 Å². The summed E-state index contributed by atoms with van der Waals surface area (Å²) in [5.41, 5.74) is 11.7. The Bertz CT molecular complexity index is 3470. The second-order valence-corrected chi connectivity index (χ2v) is 14.4. The van der Waals surface area contributed by atoms with E-state index in [1.165, 1.54) is 10.8 Å². The van der Waals surface area contributed by atoms with Gasteiger partial charge in [-0.3, -0.25) is 0 Å². The Hall–Kier alpha value is -7.83. The van der Waals surface area contributed by atoms with Gasteiger partial charge in [0, 0.05) is 43.6 Å². The number of aromatic nitrogens is 4. The Labute approximate surface area is 325 Å². The molecular weight excluding hydrogens is 701 g/mol. The minimum Gasteiger partial charge on any atom is -0.456 e. The molecule has 0 aliphatic heterocycles. The van der Waals surface area contributed by atoms with Crippen LogP contribution in [0.25, 0.3) is 117 Å². The second kappa shape index (κ2) is 12.3. The number of hydrogen-bond donors (Lipinski definition) is 0. The first-order chi connectivity index (χ1) is 28.2. The lowest BCUT2D eigenvalue weighted by Gasteiger charge is -2.10. The van der Waals surface area contributed by atoms with Crippen molar-refractivity contribution in [1.29, 1.82) is 0 Å². The van der Waals surface area contributed by atoms with E-state index in [9.17, 15) is 0 Å². The van der Waals surface area contributed by atoms with Gasteiger partial charge < -0.3 is 13.4 Å². The van der Waals surface area contributed by atoms with Gasteiger partial charge >= 0.3 is 0 Å². The van der Waals surface area contributed by atoms with Crippen LogP contribution in [0.3, 0.4) is 0 Å². The lowest BCUT2D eigenvalue weighted by Crippen LogP contribution is -2.00. The average molecular weight is 731 g/mol. The van der Waals surface area contributed by atoms with E-state index in [0.29, 0.717) is 17.5 Å². The third-order valence-corrected chi connectivity index (χ3v) is 11.1. The average Bonchev–Trinajstić information content (AvgIpc) is 3.95. The number of benzene rings is 8. The maximum Gasteiger partial charge on any atom is 0.164 e. The Balaban J connectivity index is 1.01. The molecule has 4 aromatic heterocycles. The van der Waals surface area contributed by atoms with E-state index in [2.05, 4.69) is 108 Å². The maximum atomic E-state index is 6.65. The molecule has 8 aromatic carbocycles. The number of fused-ring (bicyclic) bond motifs is 9. The molecule has 57 heavy (non-hydrogen) atoms. The monoisotopic (exact) mass is 730 g/mol. The molecule has 6 nitrogen and oxygen atoms in total. The van der Waals surface area contributed by atoms with Gasteiger partial charge in [0.25, 0.3) is 0 Å². The summed E-state index contributed by atoms with van der Waals surface area (Å²) in [5.74, 6) is 1.83. The van der Waals surface area contributed by atoms with Gasteiger partial charge in [-0.15, -0.1) is 0 Å². The highest BCUT2D eigenvalue weighted by Crippen LogP contribution is 2.41. The second-order valence-electron chi connectivity index (χ2n) is 14.4. The molecule has 266 valence electrons. The number of para-hydroxylation sites is 2. The molecule has 0 radical (unpaired) electrons. The SMILES string of the molecule is c1ccc(-c2nc(-c3ccccc3)nc(-c3ccc4c(c3)oc3cccc(-n5c6ccccc6c6cc(-c7ccc8oc9ccccc9c8c7)ccc65)c34)n2)cc1. The van der Waals surface area contributed by atoms with Crippen molar-refractivity contribution in [2.75, 3.05) is 0 Å². The van der Waals surface area contributed by atoms with E-state index in [0.717, 1.165) is 88.4 Å². The lowest BCUT2D eigenvalue weighted by atomic mass is 10.0. The summed E-state index contributed by atoms with van der Waals surface area (Å²) >= 11 is 0. The molecule has 0 spiro atoms. The first-order valence-electron chi connectivity index (χ1n) is 19.0. The molecule has 6 heteroatoms. The number of rotatable bonds is 5. The van der Waals surface area contributed by atoms with Gasteiger partial charge in [-0.1, -0.05) is 121 Å². The first-order valence-corrected chi connectivity index (χ1v) is 19.0. The van der Waals surface area contributed by atoms with Crippen molar-refractivity contribution in [2.24, 2.45) is 0 Å². The third kappa shape index (κ3) is 5.01. The molecule has 0 amide bonds. The van der Waals surface area contributed by atoms with Gasteiger partial charge in [-0.25, -0.2) is 15.0 Å². The number of furan rings is 2. The van der Waals surface area contributed by atoms with Crippen molar-refractivity contribution < 1.29 is 8.83 Å². The molecular formula is C51H30N4O2. The van der Waals surface area contributed by atoms with Crippen molar-refractivity contribution in [3.8, 4) is 51.0 Å². The zero-order valence-electron chi connectivity index (χ0n) is 30.4. The van der Waals surface area contributed by atoms with E-state index < -0.39 is 0 Å². The molecule has 0 saturated carbocycles. The number of nitrogens with zero attached hydrogens (tertiary/aromatic N) is 4. The molecule has 4 heterocycles. The van der Waals surface area contributed by atoms with E-state index in [4.69, 9.17) is 23.8 Å². The van der Waals surface area contributed by atoms with Crippen LogP contribution in [0.4, 0.5) is 0 Å². The van der Waals surface area contributed by atoms with Crippen LogP contribution in [0.1, 0.15) is 0 Å². The Morgan fingerprint density at radius 1 is 0.316 bits per heavy atom. The Morgan fingerprint density at radius 2 is 0.877 bits per heavy atom. The molecule has 0 aliphatic rings. The van der Waals surface area contributed by atoms with Crippen LogP contribution < -0.4 is 0 Å². The highest BCUT2D eigenvalue weighted by atomic mass is 16.3. The summed E-state index contributed by atoms with van der Waals surface area (Å²) in [6, 6.07) is 62.8. The topological polar surface area (TPSA) is 69.9 Å². The molecule has 0 N–H and O–H groups in total. The summed E-state index contributed by atoms with van der Waals surface area (Å²) in [4.78, 5) is 14.8. The molecule has 12 rings (SSSR count). The van der Waals surface area contributed by atoms with Gasteiger partial charge in [-0.2, -0.15) is 0 Å². The van der Waals surface area contributed by atoms with Gasteiger partial charge in [0.05, 0.1) is 22.1 Å². The molecule has 12 aromatic rings. The van der Waals surface area contributed by atoms with E-state index in [-0.39, 0.29) is 0 Å². The fourth-order valence-electron chi connectivity index (χ4n) is 8.39. The molecule has 0 aliphatic carbocycles. The summed E-state index contributed by atoms with van der Waals surface area (Å²) < 4.78 is 15.2. The van der Waals surface area contributed by atoms with Crippen molar-refractivity contribution in [2.45, 2.75) is 0 Å². The largest absolute Gasteiger partial charge is 0.456 e. The van der Waals surface area contributed by atoms with Crippen LogP contribution in [-0.2, 0) is 0 Å². The molecule has 0 atom stereocenters. The van der Waals surface area contributed by atoms with Crippen molar-refractivity contribution >= 4 is 65.7 Å². The zero-order chi connectivity index (χ0) is 37.5. The minimum absolute atomic E-state index is 0.587. The van der Waals surface area contributed by atoms with Gasteiger partial charge in [0.2, 0.25) is 0 Å². The molecule has 0 saturated heterocycles. The Kier molecular flexibility index (Phi) is 6.83. The standard InChI is InChI=1S/C51H30N4O2/c1-3-12-31(13-4-1)49-52-50(32-14-5-2-6-15-32)54-51(53-49)35-22-25-38-47(30-35)57-46-21-11-19-43(48(38)46)55-41-18-9-7-16-36(41)39-28-33(23-26-42(39)55)34-24-27-45-40(29-34)37-17-8-10-20-44(37)56-45/h1-30H. The quantitative estimate of drug-likeness (QED) is 0.176. The van der Waals surface area contributed by atoms with E-state index in [1.54, 1.807) is 0 Å². The van der Waals surface area contributed by atoms with Crippen molar-refractivity contribution in [3.63, 3.8) is 0 Å². The predicted molar refractivity (Wildman–Crippen MR) is 230 cm³/mol. The lowest BCUT2D eigenvalue weighted by molar-refractivity contribution is 0.668. The highest BCUT2D eigenvalue weighted by molar-refractivity contribution is 6.15. The zero-order valence-corrected chi connectivity index (χ0v) is 30.4. The normalized spacial score (nSPS) is 11.9. The highest BCUT2D eigenvalue weighted by Gasteiger charge is 2.20. The summed E-state index contributed by atoms with van der Waals surface area (Å²) in [6.45, 7) is 0. The summed E-state index contributed by atoms with van der Waals surface area (Å²) in [6.07, 6.45) is 0. The predicted octanol–water partition coefficient (Wildman–Crippen LogP) is 13.4. The summed E-state index contributed by atoms with van der Waals surface area (Å²) in [5, 5.41) is 6.69. The van der Waals surface area contributed by atoms with Crippen LogP contribution >= 0.6 is 0 Å². The number of hydrogen-bond acceptors (Lipinski definition) is 5. The van der Waals surface area contributed by atoms with Crippen LogP contribution in [-0.4, -0.2) is 19.5 Å². The third-order valence-electron chi connectivity index (χ3n) is 11.1. The molecule has 0 unspecified atom stereocenters. The van der Waals surface area contributed by atoms with Crippen LogP contribution in [0.5, 0.6) is 0 Å². The van der Waals surface area contributed by atoms with Crippen LogP contribution in [0.15, 0.2) is 191 Å². The van der Waals surface area contributed by atoms with Gasteiger partial charge in [0.1, 0.15) is 22.3 Å². The molecule has 0 bridgehead atoms. The fourth-order valence-corrected chi connectivity index (χ4v) is 8.39. The summed E-state index contributed by atoms with van der Waals surface area (Å²) in [7, 11) is 0. The van der Waals surface area contributed by atoms with Crippen molar-refractivity contribution in [1.82, 2.24) is 19.5 Å². The Morgan fingerprint density at radius 3 is 1.65 bits per heavy atom. The first kappa shape index (κ1) is 31.5. The fraction of sp³-hybridized carbons (Fsp3) is 0. The van der Waals surface area contributed by atoms with E-state index >= 15 is 0 Å². The van der Waals surface area contributed by atoms with Crippen molar-refractivity contribution in [3.05, 3.63) is 182 Å².